The van der Waals surface area contributed by atoms with E-state index in [-0.39, 0.29) is 30.0 Å². The molecule has 0 aromatic carbocycles. The number of fused-ring (bicyclic) bond motifs is 1. The summed E-state index contributed by atoms with van der Waals surface area (Å²) >= 11 is 2.41. The van der Waals surface area contributed by atoms with Crippen molar-refractivity contribution < 1.29 is 23.9 Å². The van der Waals surface area contributed by atoms with E-state index in [4.69, 9.17) is 4.74 Å². The summed E-state index contributed by atoms with van der Waals surface area (Å²) < 4.78 is 5.28. The molecule has 7 nitrogen and oxygen atoms in total. The van der Waals surface area contributed by atoms with Gasteiger partial charge in [-0.25, -0.2) is 4.79 Å². The van der Waals surface area contributed by atoms with Crippen molar-refractivity contribution in [3.63, 3.8) is 0 Å². The fourth-order valence-corrected chi connectivity index (χ4v) is 4.96. The van der Waals surface area contributed by atoms with Crippen molar-refractivity contribution in [3.8, 4) is 0 Å². The first kappa shape index (κ1) is 19.9. The molecule has 0 bridgehead atoms. The largest absolute Gasteiger partial charge is 0.448 e. The molecule has 0 spiro atoms. The molecule has 146 valence electrons. The number of nitrogens with zero attached hydrogens (tertiary/aromatic N) is 1. The zero-order chi connectivity index (χ0) is 19.4. The van der Waals surface area contributed by atoms with Crippen LogP contribution in [0.3, 0.4) is 0 Å². The lowest BCUT2D eigenvalue weighted by Gasteiger charge is -2.15. The number of esters is 1. The lowest BCUT2D eigenvalue weighted by atomic mass is 10.1. The predicted octanol–water partition coefficient (Wildman–Crippen LogP) is 2.37. The van der Waals surface area contributed by atoms with Crippen molar-refractivity contribution in [1.29, 1.82) is 0 Å². The molecule has 1 aromatic heterocycles. The SMILES string of the molecule is C[C@H](OC(=O)c1cc2c(s1)CCCCC2)C(=O)NCCN1C(=O)CSC1=O. The van der Waals surface area contributed by atoms with Gasteiger partial charge in [0.2, 0.25) is 5.91 Å². The zero-order valence-corrected chi connectivity index (χ0v) is 16.7. The maximum atomic E-state index is 12.3. The molecule has 1 atom stereocenters. The minimum Gasteiger partial charge on any atom is -0.448 e. The maximum Gasteiger partial charge on any atom is 0.349 e. The number of carbonyl (C=O) groups excluding carboxylic acids is 4. The normalized spacial score (nSPS) is 18.0. The van der Waals surface area contributed by atoms with E-state index in [9.17, 15) is 19.2 Å². The summed E-state index contributed by atoms with van der Waals surface area (Å²) in [4.78, 5) is 50.3. The van der Waals surface area contributed by atoms with E-state index in [1.165, 1.54) is 35.1 Å². The van der Waals surface area contributed by atoms with E-state index in [2.05, 4.69) is 5.32 Å². The first-order chi connectivity index (χ1) is 13.0. The van der Waals surface area contributed by atoms with E-state index < -0.39 is 18.0 Å². The number of rotatable bonds is 6. The van der Waals surface area contributed by atoms with Gasteiger partial charge in [-0.05, 0) is 44.2 Å². The topological polar surface area (TPSA) is 92.8 Å². The van der Waals surface area contributed by atoms with E-state index in [0.29, 0.717) is 4.88 Å². The molecular weight excluding hydrogens is 388 g/mol. The van der Waals surface area contributed by atoms with Crippen molar-refractivity contribution in [2.75, 3.05) is 18.8 Å². The number of ether oxygens (including phenoxy) is 1. The van der Waals surface area contributed by atoms with Gasteiger partial charge >= 0.3 is 5.97 Å². The van der Waals surface area contributed by atoms with Crippen molar-refractivity contribution in [3.05, 3.63) is 21.4 Å². The number of thioether (sulfide) groups is 1. The van der Waals surface area contributed by atoms with Gasteiger partial charge in [-0.3, -0.25) is 19.3 Å². The fraction of sp³-hybridized carbons (Fsp3) is 0.556. The average Bonchev–Trinajstić information content (AvgIpc) is 3.11. The highest BCUT2D eigenvalue weighted by Crippen LogP contribution is 2.29. The average molecular weight is 411 g/mol. The van der Waals surface area contributed by atoms with Gasteiger partial charge in [0.15, 0.2) is 6.10 Å². The highest BCUT2D eigenvalue weighted by atomic mass is 32.2. The van der Waals surface area contributed by atoms with E-state index >= 15 is 0 Å². The summed E-state index contributed by atoms with van der Waals surface area (Å²) in [6.45, 7) is 1.76. The monoisotopic (exact) mass is 410 g/mol. The lowest BCUT2D eigenvalue weighted by molar-refractivity contribution is -0.130. The number of hydrogen-bond acceptors (Lipinski definition) is 7. The van der Waals surface area contributed by atoms with Crippen LogP contribution in [0.1, 0.15) is 46.3 Å². The molecule has 0 unspecified atom stereocenters. The van der Waals surface area contributed by atoms with Gasteiger partial charge in [-0.15, -0.1) is 11.3 Å². The Morgan fingerprint density at radius 3 is 2.78 bits per heavy atom. The van der Waals surface area contributed by atoms with Gasteiger partial charge in [-0.1, -0.05) is 18.2 Å². The van der Waals surface area contributed by atoms with Crippen LogP contribution in [0, 0.1) is 0 Å². The van der Waals surface area contributed by atoms with Crippen molar-refractivity contribution in [2.45, 2.75) is 45.1 Å². The predicted molar refractivity (Wildman–Crippen MR) is 103 cm³/mol. The second-order valence-corrected chi connectivity index (χ2v) is 8.62. The van der Waals surface area contributed by atoms with Crippen molar-refractivity contribution >= 4 is 46.1 Å². The van der Waals surface area contributed by atoms with Crippen LogP contribution < -0.4 is 5.32 Å². The van der Waals surface area contributed by atoms with E-state index in [1.807, 2.05) is 6.07 Å². The molecule has 0 radical (unpaired) electrons. The number of imide groups is 1. The van der Waals surface area contributed by atoms with Gasteiger partial charge in [-0.2, -0.15) is 0 Å². The molecule has 1 aromatic rings. The van der Waals surface area contributed by atoms with Gasteiger partial charge < -0.3 is 10.1 Å². The van der Waals surface area contributed by atoms with Crippen LogP contribution in [-0.4, -0.2) is 52.9 Å². The molecule has 3 rings (SSSR count). The Kier molecular flexibility index (Phi) is 6.54. The van der Waals surface area contributed by atoms with Crippen LogP contribution in [0.15, 0.2) is 6.07 Å². The Morgan fingerprint density at radius 1 is 1.26 bits per heavy atom. The molecule has 1 N–H and O–H groups in total. The Bertz CT molecular complexity index is 721. The third kappa shape index (κ3) is 4.90. The first-order valence-electron chi connectivity index (χ1n) is 9.03. The zero-order valence-electron chi connectivity index (χ0n) is 15.1. The number of carbonyl (C=O) groups is 4. The molecule has 27 heavy (non-hydrogen) atoms. The summed E-state index contributed by atoms with van der Waals surface area (Å²) in [7, 11) is 0. The van der Waals surface area contributed by atoms with Crippen LogP contribution in [0.5, 0.6) is 0 Å². The smallest absolute Gasteiger partial charge is 0.349 e. The minimum absolute atomic E-state index is 0.120. The number of aryl methyl sites for hydroxylation is 2. The summed E-state index contributed by atoms with van der Waals surface area (Å²) in [5.41, 5.74) is 1.22. The molecule has 0 saturated carbocycles. The summed E-state index contributed by atoms with van der Waals surface area (Å²) in [6.07, 6.45) is 4.53. The third-order valence-corrected chi connectivity index (χ3v) is 6.65. The van der Waals surface area contributed by atoms with Gasteiger partial charge in [0.05, 0.1) is 5.75 Å². The second kappa shape index (κ2) is 8.88. The molecule has 3 amide bonds. The van der Waals surface area contributed by atoms with Gasteiger partial charge in [0.25, 0.3) is 11.1 Å². The lowest BCUT2D eigenvalue weighted by Crippen LogP contribution is -2.41. The summed E-state index contributed by atoms with van der Waals surface area (Å²) in [6, 6.07) is 1.89. The van der Waals surface area contributed by atoms with Crippen LogP contribution in [0.2, 0.25) is 0 Å². The standard InChI is InChI=1S/C18H22N2O5S2/c1-11(16(22)19-7-8-20-15(21)10-26-18(20)24)25-17(23)14-9-12-5-3-2-4-6-13(12)27-14/h9,11H,2-8,10H2,1H3,(H,19,22)/t11-/m0/s1. The fourth-order valence-electron chi connectivity index (χ4n) is 3.07. The van der Waals surface area contributed by atoms with E-state index in [1.54, 1.807) is 0 Å². The minimum atomic E-state index is -0.946. The van der Waals surface area contributed by atoms with Crippen LogP contribution >= 0.6 is 23.1 Å². The summed E-state index contributed by atoms with van der Waals surface area (Å²) in [5.74, 6) is -1.05. The second-order valence-electron chi connectivity index (χ2n) is 6.56. The third-order valence-electron chi connectivity index (χ3n) is 4.58. The van der Waals surface area contributed by atoms with Crippen molar-refractivity contribution in [1.82, 2.24) is 10.2 Å². The highest BCUT2D eigenvalue weighted by molar-refractivity contribution is 8.14. The molecule has 2 aliphatic rings. The molecule has 1 aliphatic heterocycles. The van der Waals surface area contributed by atoms with Crippen LogP contribution in [0.4, 0.5) is 4.79 Å². The quantitative estimate of drug-likeness (QED) is 0.572. The Labute approximate surface area is 165 Å². The molecule has 2 heterocycles. The van der Waals surface area contributed by atoms with Gasteiger partial charge in [0, 0.05) is 18.0 Å². The maximum absolute atomic E-state index is 12.3. The molecule has 1 fully saturated rings. The molecule has 9 heteroatoms. The number of nitrogens with one attached hydrogen (secondary N) is 1. The Morgan fingerprint density at radius 2 is 2.04 bits per heavy atom. The van der Waals surface area contributed by atoms with Crippen LogP contribution in [0.25, 0.3) is 0 Å². The van der Waals surface area contributed by atoms with Crippen molar-refractivity contribution in [2.24, 2.45) is 0 Å². The number of hydrogen-bond donors (Lipinski definition) is 1. The Hall–Kier alpha value is -1.87. The van der Waals surface area contributed by atoms with Gasteiger partial charge in [0.1, 0.15) is 4.88 Å². The molecular formula is C18H22N2O5S2. The summed E-state index contributed by atoms with van der Waals surface area (Å²) in [5, 5.41) is 2.30. The Balaban J connectivity index is 1.47. The van der Waals surface area contributed by atoms with E-state index in [0.717, 1.165) is 42.3 Å². The number of thiophene rings is 1. The molecule has 1 aliphatic carbocycles. The number of amides is 3. The first-order valence-corrected chi connectivity index (χ1v) is 10.8. The highest BCUT2D eigenvalue weighted by Gasteiger charge is 2.29. The molecule has 1 saturated heterocycles. The van der Waals surface area contributed by atoms with Crippen LogP contribution in [-0.2, 0) is 27.2 Å².